The topological polar surface area (TPSA) is 35.5 Å². The predicted molar refractivity (Wildman–Crippen MR) is 55.1 cm³/mol. The lowest BCUT2D eigenvalue weighted by Gasteiger charge is -2.15. The summed E-state index contributed by atoms with van der Waals surface area (Å²) in [6, 6.07) is 0. The highest BCUT2D eigenvalue weighted by atomic mass is 28.4. The second kappa shape index (κ2) is 5.94. The van der Waals surface area contributed by atoms with E-state index >= 15 is 0 Å². The first-order chi connectivity index (χ1) is 5.95. The molecule has 0 aliphatic rings. The van der Waals surface area contributed by atoms with Crippen molar-refractivity contribution in [3.05, 3.63) is 12.2 Å². The molecule has 0 unspecified atom stereocenters. The molecule has 0 heterocycles. The molecule has 0 spiro atoms. The summed E-state index contributed by atoms with van der Waals surface area (Å²) in [5, 5.41) is 0. The van der Waals surface area contributed by atoms with Crippen molar-refractivity contribution in [1.29, 1.82) is 0 Å². The summed E-state index contributed by atoms with van der Waals surface area (Å²) >= 11 is 0. The lowest BCUT2D eigenvalue weighted by Crippen LogP contribution is -2.29. The minimum atomic E-state index is -1.59. The average molecular weight is 202 g/mol. The Morgan fingerprint density at radius 2 is 2.00 bits per heavy atom. The zero-order chi connectivity index (χ0) is 10.3. The number of rotatable bonds is 5. The highest BCUT2D eigenvalue weighted by Gasteiger charge is 2.16. The van der Waals surface area contributed by atoms with E-state index in [0.29, 0.717) is 6.61 Å². The fourth-order valence-electron chi connectivity index (χ4n) is 0.554. The van der Waals surface area contributed by atoms with Crippen molar-refractivity contribution >= 4 is 14.3 Å². The van der Waals surface area contributed by atoms with Crippen molar-refractivity contribution in [1.82, 2.24) is 0 Å². The van der Waals surface area contributed by atoms with Crippen LogP contribution >= 0.6 is 0 Å². The van der Waals surface area contributed by atoms with Gasteiger partial charge in [-0.05, 0) is 26.6 Å². The Morgan fingerprint density at radius 1 is 1.38 bits per heavy atom. The number of hydrogen-bond donors (Lipinski definition) is 0. The quantitative estimate of drug-likeness (QED) is 0.388. The third-order valence-electron chi connectivity index (χ3n) is 1.20. The molecule has 0 aromatic rings. The van der Waals surface area contributed by atoms with E-state index in [1.54, 1.807) is 6.08 Å². The highest BCUT2D eigenvalue weighted by molar-refractivity contribution is 6.69. The van der Waals surface area contributed by atoms with Crippen molar-refractivity contribution in [2.45, 2.75) is 26.6 Å². The molecule has 0 N–H and O–H groups in total. The molecule has 0 saturated heterocycles. The van der Waals surface area contributed by atoms with Crippen LogP contribution in [0.5, 0.6) is 0 Å². The fraction of sp³-hybridized carbons (Fsp3) is 0.667. The largest absolute Gasteiger partial charge is 0.460 e. The summed E-state index contributed by atoms with van der Waals surface area (Å²) in [6.45, 7) is 8.40. The lowest BCUT2D eigenvalue weighted by atomic mass is 10.5. The number of carbonyl (C=O) groups is 1. The number of esters is 1. The van der Waals surface area contributed by atoms with Gasteiger partial charge in [-0.2, -0.15) is 0 Å². The van der Waals surface area contributed by atoms with Crippen LogP contribution in [0.1, 0.15) is 6.92 Å². The first-order valence-corrected chi connectivity index (χ1v) is 7.77. The molecule has 76 valence electrons. The third kappa shape index (κ3) is 9.30. The maximum absolute atomic E-state index is 11.0. The van der Waals surface area contributed by atoms with E-state index in [1.165, 1.54) is 0 Å². The minimum Gasteiger partial charge on any atom is -0.460 e. The smallest absolute Gasteiger partial charge is 0.331 e. The summed E-state index contributed by atoms with van der Waals surface area (Å²) in [4.78, 5) is 11.0. The third-order valence-corrected chi connectivity index (χ3v) is 2.21. The van der Waals surface area contributed by atoms with Crippen LogP contribution in [-0.2, 0) is 14.0 Å². The van der Waals surface area contributed by atoms with Gasteiger partial charge >= 0.3 is 5.97 Å². The second-order valence-corrected chi connectivity index (χ2v) is 8.17. The van der Waals surface area contributed by atoms with Crippen LogP contribution < -0.4 is 0 Å². The van der Waals surface area contributed by atoms with E-state index in [4.69, 9.17) is 9.16 Å². The number of ether oxygens (including phenoxy) is 1. The van der Waals surface area contributed by atoms with E-state index in [2.05, 4.69) is 0 Å². The van der Waals surface area contributed by atoms with Crippen LogP contribution in [0.25, 0.3) is 0 Å². The van der Waals surface area contributed by atoms with Crippen molar-refractivity contribution in [3.63, 3.8) is 0 Å². The molecule has 0 aliphatic carbocycles. The first-order valence-electron chi connectivity index (χ1n) is 4.36. The van der Waals surface area contributed by atoms with Crippen molar-refractivity contribution in [2.75, 3.05) is 13.2 Å². The molecule has 0 amide bonds. The Balaban J connectivity index is 3.52. The van der Waals surface area contributed by atoms with E-state index in [9.17, 15) is 4.79 Å². The number of carbonyl (C=O) groups excluding carboxylic acids is 1. The second-order valence-electron chi connectivity index (χ2n) is 3.65. The van der Waals surface area contributed by atoms with Gasteiger partial charge in [-0.1, -0.05) is 12.2 Å². The van der Waals surface area contributed by atoms with Gasteiger partial charge in [0, 0.05) is 0 Å². The van der Waals surface area contributed by atoms with Crippen LogP contribution in [0.3, 0.4) is 0 Å². The summed E-state index contributed by atoms with van der Waals surface area (Å²) in [5.41, 5.74) is 0. The van der Waals surface area contributed by atoms with Crippen LogP contribution in [0.4, 0.5) is 0 Å². The molecule has 0 aromatic heterocycles. The van der Waals surface area contributed by atoms with Gasteiger partial charge < -0.3 is 9.16 Å². The van der Waals surface area contributed by atoms with Gasteiger partial charge in [-0.3, -0.25) is 0 Å². The van der Waals surface area contributed by atoms with E-state index in [-0.39, 0.29) is 12.6 Å². The SMILES string of the molecule is C/C=C/COC(=O)CO[Si](C)(C)C. The van der Waals surface area contributed by atoms with Gasteiger partial charge in [0.15, 0.2) is 8.32 Å². The molecule has 0 aliphatic heterocycles. The Kier molecular flexibility index (Phi) is 5.66. The molecule has 0 aromatic carbocycles. The highest BCUT2D eigenvalue weighted by Crippen LogP contribution is 2.01. The predicted octanol–water partition coefficient (Wildman–Crippen LogP) is 1.96. The number of allylic oxidation sites excluding steroid dienone is 1. The zero-order valence-electron chi connectivity index (χ0n) is 8.79. The normalized spacial score (nSPS) is 12.0. The van der Waals surface area contributed by atoms with Gasteiger partial charge in [0.25, 0.3) is 0 Å². The van der Waals surface area contributed by atoms with Crippen LogP contribution in [0, 0.1) is 0 Å². The average Bonchev–Trinajstić information content (AvgIpc) is 2.00. The van der Waals surface area contributed by atoms with Gasteiger partial charge in [0.05, 0.1) is 0 Å². The minimum absolute atomic E-state index is 0.0767. The standard InChI is InChI=1S/C9H18O3Si/c1-5-6-7-11-9(10)8-12-13(2,3)4/h5-6H,7-8H2,1-4H3/b6-5+. The monoisotopic (exact) mass is 202 g/mol. The Morgan fingerprint density at radius 3 is 2.46 bits per heavy atom. The van der Waals surface area contributed by atoms with Gasteiger partial charge in [-0.25, -0.2) is 4.79 Å². The van der Waals surface area contributed by atoms with E-state index in [0.717, 1.165) is 0 Å². The molecule has 0 fully saturated rings. The van der Waals surface area contributed by atoms with Crippen LogP contribution in [0.2, 0.25) is 19.6 Å². The maximum atomic E-state index is 11.0. The molecular formula is C9H18O3Si. The molecule has 4 heteroatoms. The molecular weight excluding hydrogens is 184 g/mol. The summed E-state index contributed by atoms with van der Waals surface area (Å²) in [7, 11) is -1.59. The van der Waals surface area contributed by atoms with Gasteiger partial charge in [0.2, 0.25) is 0 Å². The maximum Gasteiger partial charge on any atom is 0.331 e. The molecule has 0 saturated carbocycles. The lowest BCUT2D eigenvalue weighted by molar-refractivity contribution is -0.145. The van der Waals surface area contributed by atoms with E-state index < -0.39 is 8.32 Å². The molecule has 3 nitrogen and oxygen atoms in total. The van der Waals surface area contributed by atoms with Crippen LogP contribution in [0.15, 0.2) is 12.2 Å². The molecule has 0 rings (SSSR count). The molecule has 13 heavy (non-hydrogen) atoms. The summed E-state index contributed by atoms with van der Waals surface area (Å²) < 4.78 is 10.2. The van der Waals surface area contributed by atoms with E-state index in [1.807, 2.05) is 32.6 Å². The van der Waals surface area contributed by atoms with Crippen molar-refractivity contribution in [3.8, 4) is 0 Å². The van der Waals surface area contributed by atoms with Gasteiger partial charge in [0.1, 0.15) is 13.2 Å². The molecule has 0 atom stereocenters. The Labute approximate surface area is 80.9 Å². The van der Waals surface area contributed by atoms with Crippen LogP contribution in [-0.4, -0.2) is 27.5 Å². The summed E-state index contributed by atoms with van der Waals surface area (Å²) in [6.07, 6.45) is 3.62. The Bertz CT molecular complexity index is 182. The molecule has 0 bridgehead atoms. The molecule has 0 radical (unpaired) electrons. The fourth-order valence-corrected chi connectivity index (χ4v) is 1.11. The number of hydrogen-bond acceptors (Lipinski definition) is 3. The van der Waals surface area contributed by atoms with Crippen molar-refractivity contribution < 1.29 is 14.0 Å². The zero-order valence-corrected chi connectivity index (χ0v) is 9.79. The Hall–Kier alpha value is -0.613. The first kappa shape index (κ1) is 12.4. The van der Waals surface area contributed by atoms with Crippen molar-refractivity contribution in [2.24, 2.45) is 0 Å². The summed E-state index contributed by atoms with van der Waals surface area (Å²) in [5.74, 6) is -0.291. The van der Waals surface area contributed by atoms with Gasteiger partial charge in [-0.15, -0.1) is 0 Å².